The van der Waals surface area contributed by atoms with E-state index >= 15 is 0 Å². The van der Waals surface area contributed by atoms with Crippen LogP contribution in [0.4, 0.5) is 23.3 Å². The molecule has 0 aliphatic carbocycles. The van der Waals surface area contributed by atoms with Crippen LogP contribution in [0.3, 0.4) is 0 Å². The van der Waals surface area contributed by atoms with Crippen LogP contribution in [0.2, 0.25) is 5.28 Å². The molecule has 0 saturated carbocycles. The third-order valence-corrected chi connectivity index (χ3v) is 3.11. The van der Waals surface area contributed by atoms with Gasteiger partial charge in [-0.3, -0.25) is 4.55 Å². The normalized spacial score (nSPS) is 10.8. The molecule has 0 saturated heterocycles. The number of nitrogens with zero attached hydrogens (tertiary/aromatic N) is 3. The van der Waals surface area contributed by atoms with Gasteiger partial charge < -0.3 is 16.8 Å². The zero-order valence-corrected chi connectivity index (χ0v) is 14.4. The fourth-order valence-corrected chi connectivity index (χ4v) is 2.12. The summed E-state index contributed by atoms with van der Waals surface area (Å²) in [6, 6.07) is 3.68. The molecule has 1 aromatic heterocycles. The van der Waals surface area contributed by atoms with Gasteiger partial charge >= 0.3 is 29.6 Å². The average Bonchev–Trinajstić information content (AvgIpc) is 2.25. The Labute approximate surface area is 147 Å². The molecule has 2 aromatic rings. The zero-order valence-electron chi connectivity index (χ0n) is 10.8. The second-order valence-electron chi connectivity index (χ2n) is 3.68. The van der Waals surface area contributed by atoms with Gasteiger partial charge in [-0.1, -0.05) is 0 Å². The Hall–Kier alpha value is -1.17. The zero-order chi connectivity index (χ0) is 14.9. The molecule has 12 heteroatoms. The van der Waals surface area contributed by atoms with Gasteiger partial charge in [-0.15, -0.1) is 0 Å². The van der Waals surface area contributed by atoms with Crippen molar-refractivity contribution in [3.05, 3.63) is 23.5 Å². The number of nitrogen functional groups attached to an aromatic ring is 2. The maximum absolute atomic E-state index is 11.1. The van der Waals surface area contributed by atoms with E-state index in [4.69, 9.17) is 27.6 Å². The van der Waals surface area contributed by atoms with Crippen molar-refractivity contribution in [1.82, 2.24) is 15.0 Å². The molecule has 6 N–H and O–H groups in total. The molecule has 0 fully saturated rings. The first-order chi connectivity index (χ1) is 9.24. The molecule has 106 valence electrons. The SMILES string of the molecule is Nc1cc(Nc2nc(N)nc(Cl)n2)cc(S(=O)(=O)O)c1.[Na+]. The summed E-state index contributed by atoms with van der Waals surface area (Å²) in [7, 11) is -4.38. The average molecular weight is 340 g/mol. The summed E-state index contributed by atoms with van der Waals surface area (Å²) in [6.07, 6.45) is 0. The van der Waals surface area contributed by atoms with Gasteiger partial charge in [0.1, 0.15) is 0 Å². The van der Waals surface area contributed by atoms with Crippen LogP contribution < -0.4 is 46.3 Å². The van der Waals surface area contributed by atoms with Gasteiger partial charge in [0, 0.05) is 11.4 Å². The van der Waals surface area contributed by atoms with E-state index in [0.29, 0.717) is 0 Å². The largest absolute Gasteiger partial charge is 1.00 e. The number of nitrogens with two attached hydrogens (primary N) is 2. The first-order valence-electron chi connectivity index (χ1n) is 5.06. The monoisotopic (exact) mass is 339 g/mol. The number of nitrogens with one attached hydrogen (secondary N) is 1. The van der Waals surface area contributed by atoms with Crippen molar-refractivity contribution in [3.8, 4) is 0 Å². The molecule has 0 unspecified atom stereocenters. The third-order valence-electron chi connectivity index (χ3n) is 2.11. The molecule has 0 aliphatic rings. The molecular formula is C9H9ClN6NaO3S+. The Morgan fingerprint density at radius 3 is 2.38 bits per heavy atom. The summed E-state index contributed by atoms with van der Waals surface area (Å²) in [4.78, 5) is 10.7. The van der Waals surface area contributed by atoms with Crippen molar-refractivity contribution in [3.63, 3.8) is 0 Å². The van der Waals surface area contributed by atoms with Gasteiger partial charge in [-0.05, 0) is 29.8 Å². The van der Waals surface area contributed by atoms with E-state index < -0.39 is 10.1 Å². The second-order valence-corrected chi connectivity index (χ2v) is 5.44. The Morgan fingerprint density at radius 2 is 1.81 bits per heavy atom. The summed E-state index contributed by atoms with van der Waals surface area (Å²) in [5.74, 6) is -0.0965. The molecular weight excluding hydrogens is 331 g/mol. The number of aromatic nitrogens is 3. The van der Waals surface area contributed by atoms with Crippen molar-refractivity contribution >= 4 is 45.0 Å². The van der Waals surface area contributed by atoms with Crippen LogP contribution in [0.15, 0.2) is 23.1 Å². The van der Waals surface area contributed by atoms with Crippen LogP contribution in [0.25, 0.3) is 0 Å². The van der Waals surface area contributed by atoms with Crippen LogP contribution >= 0.6 is 11.6 Å². The summed E-state index contributed by atoms with van der Waals surface area (Å²) >= 11 is 5.61. The third kappa shape index (κ3) is 4.95. The fourth-order valence-electron chi connectivity index (χ4n) is 1.39. The Kier molecular flexibility index (Phi) is 5.73. The minimum atomic E-state index is -4.38. The molecule has 0 spiro atoms. The van der Waals surface area contributed by atoms with E-state index in [1.165, 1.54) is 6.07 Å². The fraction of sp³-hybridized carbons (Fsp3) is 0. The maximum atomic E-state index is 11.1. The number of rotatable bonds is 3. The van der Waals surface area contributed by atoms with Crippen molar-refractivity contribution in [2.75, 3.05) is 16.8 Å². The first-order valence-corrected chi connectivity index (χ1v) is 6.88. The van der Waals surface area contributed by atoms with E-state index in [-0.39, 0.29) is 63.0 Å². The minimum absolute atomic E-state index is 0. The molecule has 0 radical (unpaired) electrons. The molecule has 0 amide bonds. The Balaban J connectivity index is 0.00000220. The van der Waals surface area contributed by atoms with Gasteiger partial charge in [0.15, 0.2) is 0 Å². The van der Waals surface area contributed by atoms with Crippen LogP contribution in [0, 0.1) is 0 Å². The summed E-state index contributed by atoms with van der Waals surface area (Å²) in [6.45, 7) is 0. The van der Waals surface area contributed by atoms with Crippen LogP contribution in [-0.2, 0) is 10.1 Å². The quantitative estimate of drug-likeness (QED) is 0.274. The molecule has 1 aromatic carbocycles. The maximum Gasteiger partial charge on any atom is 1.00 e. The van der Waals surface area contributed by atoms with Crippen molar-refractivity contribution in [2.45, 2.75) is 4.90 Å². The predicted molar refractivity (Wildman–Crippen MR) is 73.2 cm³/mol. The van der Waals surface area contributed by atoms with Crippen molar-refractivity contribution < 1.29 is 42.5 Å². The smallest absolute Gasteiger partial charge is 0.399 e. The minimum Gasteiger partial charge on any atom is -0.399 e. The van der Waals surface area contributed by atoms with Crippen molar-refractivity contribution in [1.29, 1.82) is 0 Å². The standard InChI is InChI=1S/C9H9ClN6O3S.Na/c10-7-14-8(12)16-9(15-7)13-5-1-4(11)2-6(3-5)20(17,18)19;/h1-3H,11H2,(H,17,18,19)(H3,12,13,14,15,16);/q;+1. The van der Waals surface area contributed by atoms with E-state index in [9.17, 15) is 8.42 Å². The summed E-state index contributed by atoms with van der Waals surface area (Å²) in [5, 5.41) is 2.53. The van der Waals surface area contributed by atoms with Crippen molar-refractivity contribution in [2.24, 2.45) is 0 Å². The van der Waals surface area contributed by atoms with Gasteiger partial charge in [0.25, 0.3) is 10.1 Å². The molecule has 2 rings (SSSR count). The number of anilines is 4. The molecule has 9 nitrogen and oxygen atoms in total. The predicted octanol–water partition coefficient (Wildman–Crippen LogP) is -2.32. The van der Waals surface area contributed by atoms with E-state index in [1.54, 1.807) is 0 Å². The van der Waals surface area contributed by atoms with Gasteiger partial charge in [-0.25, -0.2) is 0 Å². The number of hydrogen-bond acceptors (Lipinski definition) is 8. The Bertz CT molecular complexity index is 752. The Morgan fingerprint density at radius 1 is 1.14 bits per heavy atom. The number of halogens is 1. The van der Waals surface area contributed by atoms with Gasteiger partial charge in [0.2, 0.25) is 17.2 Å². The van der Waals surface area contributed by atoms with Crippen LogP contribution in [0.1, 0.15) is 0 Å². The second kappa shape index (κ2) is 6.73. The first kappa shape index (κ1) is 17.9. The topological polar surface area (TPSA) is 157 Å². The van der Waals surface area contributed by atoms with Gasteiger partial charge in [-0.2, -0.15) is 23.4 Å². The number of hydrogen-bond donors (Lipinski definition) is 4. The molecule has 0 atom stereocenters. The van der Waals surface area contributed by atoms with E-state index in [0.717, 1.165) is 12.1 Å². The van der Waals surface area contributed by atoms with E-state index in [2.05, 4.69) is 20.3 Å². The summed E-state index contributed by atoms with van der Waals surface area (Å²) < 4.78 is 31.2. The number of benzene rings is 1. The molecule has 0 bridgehead atoms. The summed E-state index contributed by atoms with van der Waals surface area (Å²) in [5.41, 5.74) is 11.3. The molecule has 1 heterocycles. The van der Waals surface area contributed by atoms with Crippen LogP contribution in [-0.4, -0.2) is 27.9 Å². The molecule has 21 heavy (non-hydrogen) atoms. The molecule has 0 aliphatic heterocycles. The van der Waals surface area contributed by atoms with E-state index in [1.807, 2.05) is 0 Å². The van der Waals surface area contributed by atoms with Gasteiger partial charge in [0.05, 0.1) is 4.90 Å². The van der Waals surface area contributed by atoms with Crippen LogP contribution in [0.5, 0.6) is 0 Å².